The first-order chi connectivity index (χ1) is 15.6. The molecule has 0 aliphatic carbocycles. The van der Waals surface area contributed by atoms with Gasteiger partial charge in [-0.3, -0.25) is 0 Å². The summed E-state index contributed by atoms with van der Waals surface area (Å²) in [5, 5.41) is 19.7. The van der Waals surface area contributed by atoms with Crippen molar-refractivity contribution in [2.75, 3.05) is 0 Å². The molecule has 4 rings (SSSR count). The third-order valence-corrected chi connectivity index (χ3v) is 6.85. The van der Waals surface area contributed by atoms with Crippen LogP contribution in [-0.2, 0) is 9.84 Å². The van der Waals surface area contributed by atoms with Gasteiger partial charge in [-0.15, -0.1) is 0 Å². The van der Waals surface area contributed by atoms with E-state index in [9.17, 15) is 22.7 Å². The van der Waals surface area contributed by atoms with E-state index in [-0.39, 0.29) is 21.4 Å². The minimum Gasteiger partial charge on any atom is -0.507 e. The average Bonchev–Trinajstić information content (AvgIpc) is 3.14. The largest absolute Gasteiger partial charge is 0.512 e. The summed E-state index contributed by atoms with van der Waals surface area (Å²) in [6, 6.07) is 11.3. The van der Waals surface area contributed by atoms with Crippen molar-refractivity contribution in [2.45, 2.75) is 23.6 Å². The highest BCUT2D eigenvalue weighted by Gasteiger charge is 2.23. The van der Waals surface area contributed by atoms with Crippen LogP contribution in [0.4, 0.5) is 9.18 Å². The number of hydrogen-bond donors (Lipinski definition) is 3. The van der Waals surface area contributed by atoms with Crippen molar-refractivity contribution in [3.63, 3.8) is 0 Å². The maximum absolute atomic E-state index is 13.2. The molecule has 0 spiro atoms. The number of phenolic OH excluding ortho intramolecular Hbond substituents is 1. The molecule has 4 aromatic rings. The van der Waals surface area contributed by atoms with Crippen molar-refractivity contribution in [1.29, 1.82) is 0 Å². The Morgan fingerprint density at radius 3 is 2.39 bits per heavy atom. The fourth-order valence-electron chi connectivity index (χ4n) is 3.51. The van der Waals surface area contributed by atoms with Gasteiger partial charge in [-0.2, -0.15) is 0 Å². The second kappa shape index (κ2) is 8.14. The van der Waals surface area contributed by atoms with E-state index >= 15 is 0 Å². The van der Waals surface area contributed by atoms with Crippen molar-refractivity contribution in [1.82, 2.24) is 4.98 Å². The number of aromatic hydroxyl groups is 1. The number of aromatic nitrogens is 1. The second-order valence-electron chi connectivity index (χ2n) is 7.30. The van der Waals surface area contributed by atoms with Gasteiger partial charge in [0.2, 0.25) is 15.7 Å². The van der Waals surface area contributed by atoms with Gasteiger partial charge < -0.3 is 24.7 Å². The molecule has 0 unspecified atom stereocenters. The van der Waals surface area contributed by atoms with Gasteiger partial charge in [0.15, 0.2) is 0 Å². The molecule has 0 fully saturated rings. The summed E-state index contributed by atoms with van der Waals surface area (Å²) < 4.78 is 49.8. The van der Waals surface area contributed by atoms with Crippen LogP contribution >= 0.6 is 0 Å². The van der Waals surface area contributed by atoms with Gasteiger partial charge in [-0.05, 0) is 61.9 Å². The van der Waals surface area contributed by atoms with Crippen LogP contribution in [-0.4, -0.2) is 29.8 Å². The summed E-state index contributed by atoms with van der Waals surface area (Å²) >= 11 is 0. The molecule has 170 valence electrons. The Morgan fingerprint density at radius 1 is 1.03 bits per heavy atom. The highest BCUT2D eigenvalue weighted by molar-refractivity contribution is 7.91. The number of carbonyl (C=O) groups is 1. The van der Waals surface area contributed by atoms with E-state index in [0.717, 1.165) is 24.3 Å². The number of fused-ring (bicyclic) bond motifs is 1. The van der Waals surface area contributed by atoms with Gasteiger partial charge in [-0.25, -0.2) is 17.6 Å². The number of aryl methyl sites for hydroxylation is 2. The summed E-state index contributed by atoms with van der Waals surface area (Å²) in [6.45, 7) is 3.54. The summed E-state index contributed by atoms with van der Waals surface area (Å²) in [5.74, 6) is -0.430. The molecular weight excluding hydrogens is 453 g/mol. The van der Waals surface area contributed by atoms with Gasteiger partial charge in [-0.1, -0.05) is 0 Å². The maximum atomic E-state index is 13.2. The SMILES string of the molecule is Cc1cc2[nH]c(OC(=O)O)cc2c(C)c1Oc1ccc(O)c(S(=O)(=O)c2ccc(F)cc2)c1. The van der Waals surface area contributed by atoms with E-state index in [4.69, 9.17) is 9.84 Å². The van der Waals surface area contributed by atoms with Crippen LogP contribution in [0, 0.1) is 19.7 Å². The van der Waals surface area contributed by atoms with Crippen LogP contribution < -0.4 is 9.47 Å². The minimum atomic E-state index is -4.14. The monoisotopic (exact) mass is 471 g/mol. The van der Waals surface area contributed by atoms with Crippen LogP contribution in [0.15, 0.2) is 64.4 Å². The van der Waals surface area contributed by atoms with E-state index in [0.29, 0.717) is 27.8 Å². The van der Waals surface area contributed by atoms with E-state index in [1.165, 1.54) is 24.3 Å². The predicted molar refractivity (Wildman–Crippen MR) is 116 cm³/mol. The van der Waals surface area contributed by atoms with Gasteiger partial charge in [0.1, 0.15) is 28.0 Å². The lowest BCUT2D eigenvalue weighted by molar-refractivity contribution is 0.143. The Balaban J connectivity index is 1.74. The molecule has 0 atom stereocenters. The maximum Gasteiger partial charge on any atom is 0.512 e. The Bertz CT molecular complexity index is 1490. The Labute approximate surface area is 187 Å². The molecule has 0 amide bonds. The fraction of sp³-hybridized carbons (Fsp3) is 0.0870. The number of benzene rings is 3. The molecule has 1 aromatic heterocycles. The summed E-state index contributed by atoms with van der Waals surface area (Å²) in [4.78, 5) is 13.1. The molecule has 0 aliphatic rings. The van der Waals surface area contributed by atoms with Crippen LogP contribution in [0.1, 0.15) is 11.1 Å². The molecule has 0 saturated carbocycles. The Morgan fingerprint density at radius 2 is 1.73 bits per heavy atom. The predicted octanol–water partition coefficient (Wildman–Crippen LogP) is 5.31. The number of hydrogen-bond acceptors (Lipinski definition) is 6. The van der Waals surface area contributed by atoms with E-state index in [1.807, 2.05) is 0 Å². The van der Waals surface area contributed by atoms with Gasteiger partial charge in [0, 0.05) is 28.6 Å². The number of H-pyrrole nitrogens is 1. The quantitative estimate of drug-likeness (QED) is 0.266. The molecule has 8 nitrogen and oxygen atoms in total. The zero-order chi connectivity index (χ0) is 23.9. The van der Waals surface area contributed by atoms with Crippen LogP contribution in [0.5, 0.6) is 23.1 Å². The molecule has 10 heteroatoms. The normalized spacial score (nSPS) is 11.5. The lowest BCUT2D eigenvalue weighted by atomic mass is 10.1. The lowest BCUT2D eigenvalue weighted by Crippen LogP contribution is -2.03. The number of carboxylic acid groups (broad SMARTS) is 1. The number of phenols is 1. The average molecular weight is 471 g/mol. The number of halogens is 1. The molecule has 3 N–H and O–H groups in total. The first kappa shape index (κ1) is 22.2. The molecule has 33 heavy (non-hydrogen) atoms. The number of sulfone groups is 1. The summed E-state index contributed by atoms with van der Waals surface area (Å²) in [7, 11) is -4.14. The lowest BCUT2D eigenvalue weighted by Gasteiger charge is -2.14. The summed E-state index contributed by atoms with van der Waals surface area (Å²) in [6.07, 6.45) is -1.45. The highest BCUT2D eigenvalue weighted by atomic mass is 32.2. The van der Waals surface area contributed by atoms with Crippen LogP contribution in [0.25, 0.3) is 10.9 Å². The topological polar surface area (TPSA) is 126 Å². The smallest absolute Gasteiger partial charge is 0.507 e. The first-order valence-corrected chi connectivity index (χ1v) is 11.1. The number of ether oxygens (including phenoxy) is 2. The van der Waals surface area contributed by atoms with Crippen molar-refractivity contribution in [3.05, 3.63) is 71.5 Å². The van der Waals surface area contributed by atoms with E-state index in [1.54, 1.807) is 19.9 Å². The zero-order valence-corrected chi connectivity index (χ0v) is 18.2. The number of nitrogens with one attached hydrogen (secondary N) is 1. The van der Waals surface area contributed by atoms with Crippen LogP contribution in [0.2, 0.25) is 0 Å². The molecule has 0 radical (unpaired) electrons. The molecule has 0 aliphatic heterocycles. The Hall–Kier alpha value is -4.05. The molecule has 3 aromatic carbocycles. The molecule has 1 heterocycles. The fourth-order valence-corrected chi connectivity index (χ4v) is 4.87. The molecule has 0 saturated heterocycles. The van der Waals surface area contributed by atoms with Crippen molar-refractivity contribution >= 4 is 26.9 Å². The first-order valence-electron chi connectivity index (χ1n) is 9.61. The zero-order valence-electron chi connectivity index (χ0n) is 17.4. The number of rotatable bonds is 5. The van der Waals surface area contributed by atoms with Gasteiger partial charge >= 0.3 is 6.16 Å². The van der Waals surface area contributed by atoms with E-state index < -0.39 is 27.6 Å². The summed E-state index contributed by atoms with van der Waals surface area (Å²) in [5.41, 5.74) is 2.00. The minimum absolute atomic E-state index is 0.0504. The Kier molecular flexibility index (Phi) is 5.46. The second-order valence-corrected chi connectivity index (χ2v) is 9.22. The number of aromatic amines is 1. The highest BCUT2D eigenvalue weighted by Crippen LogP contribution is 2.38. The van der Waals surface area contributed by atoms with E-state index in [2.05, 4.69) is 9.72 Å². The third kappa shape index (κ3) is 4.20. The molecular formula is C23H18FNO7S. The third-order valence-electron chi connectivity index (χ3n) is 5.05. The van der Waals surface area contributed by atoms with Crippen molar-refractivity contribution in [3.8, 4) is 23.1 Å². The van der Waals surface area contributed by atoms with Gasteiger partial charge in [0.05, 0.1) is 4.90 Å². The van der Waals surface area contributed by atoms with Crippen LogP contribution in [0.3, 0.4) is 0 Å². The van der Waals surface area contributed by atoms with Crippen molar-refractivity contribution < 1.29 is 37.3 Å². The van der Waals surface area contributed by atoms with Gasteiger partial charge in [0.25, 0.3) is 0 Å². The standard InChI is InChI=1S/C23H18FNO7S/c1-12-9-18-17(11-21(25-18)32-23(27)28)13(2)22(12)31-15-5-8-19(26)20(10-15)33(29,30)16-6-3-14(24)4-7-16/h3-11,25-26H,1-2H3,(H,27,28). The van der Waals surface area contributed by atoms with Crippen molar-refractivity contribution in [2.24, 2.45) is 0 Å². The molecule has 0 bridgehead atoms.